The Labute approximate surface area is 200 Å². The van der Waals surface area contributed by atoms with Crippen LogP contribution in [0.2, 0.25) is 0 Å². The number of thioether (sulfide) groups is 1. The fraction of sp³-hybridized carbons (Fsp3) is 0.304. The van der Waals surface area contributed by atoms with Crippen LogP contribution in [0.4, 0.5) is 5.69 Å². The topological polar surface area (TPSA) is 88.9 Å². The Kier molecular flexibility index (Phi) is 7.73. The van der Waals surface area contributed by atoms with Crippen LogP contribution in [0.1, 0.15) is 45.8 Å². The number of hydrogen-bond donors (Lipinski definition) is 2. The highest BCUT2D eigenvalue weighted by molar-refractivity contribution is 9.10. The molecule has 7 nitrogen and oxygen atoms in total. The Morgan fingerprint density at radius 3 is 2.41 bits per heavy atom. The Morgan fingerprint density at radius 2 is 1.75 bits per heavy atom. The summed E-state index contributed by atoms with van der Waals surface area (Å²) in [4.78, 5) is 25.1. The number of amides is 2. The molecule has 0 fully saturated rings. The summed E-state index contributed by atoms with van der Waals surface area (Å²) in [5.74, 6) is 0.543. The second-order valence-corrected chi connectivity index (χ2v) is 9.52. The van der Waals surface area contributed by atoms with E-state index in [2.05, 4.69) is 36.8 Å². The summed E-state index contributed by atoms with van der Waals surface area (Å²) in [5, 5.41) is 15.0. The van der Waals surface area contributed by atoms with Gasteiger partial charge in [0.25, 0.3) is 5.91 Å². The average Bonchev–Trinajstić information content (AvgIpc) is 3.09. The number of rotatable bonds is 7. The Morgan fingerprint density at radius 1 is 1.09 bits per heavy atom. The fourth-order valence-electron chi connectivity index (χ4n) is 3.41. The minimum Gasteiger partial charge on any atom is -0.342 e. The van der Waals surface area contributed by atoms with Gasteiger partial charge in [-0.3, -0.25) is 9.59 Å². The summed E-state index contributed by atoms with van der Waals surface area (Å²) in [6.45, 7) is 7.68. The van der Waals surface area contributed by atoms with Crippen LogP contribution in [0.15, 0.2) is 46.0 Å². The molecule has 0 spiro atoms. The second kappa shape index (κ2) is 10.3. The maximum absolute atomic E-state index is 12.6. The van der Waals surface area contributed by atoms with Gasteiger partial charge >= 0.3 is 0 Å². The first-order valence-corrected chi connectivity index (χ1v) is 11.9. The molecule has 0 saturated heterocycles. The Balaban J connectivity index is 1.61. The lowest BCUT2D eigenvalue weighted by Gasteiger charge is -2.15. The number of carbonyl (C=O) groups is 2. The molecular weight excluding hydrogens is 490 g/mol. The van der Waals surface area contributed by atoms with Crippen LogP contribution in [-0.4, -0.2) is 32.3 Å². The van der Waals surface area contributed by atoms with E-state index >= 15 is 0 Å². The van der Waals surface area contributed by atoms with E-state index in [1.807, 2.05) is 65.1 Å². The van der Waals surface area contributed by atoms with Crippen LogP contribution in [0.5, 0.6) is 0 Å². The van der Waals surface area contributed by atoms with E-state index < -0.39 is 0 Å². The van der Waals surface area contributed by atoms with Gasteiger partial charge in [0.1, 0.15) is 0 Å². The van der Waals surface area contributed by atoms with E-state index in [1.54, 1.807) is 10.6 Å². The zero-order chi connectivity index (χ0) is 23.4. The Bertz CT molecular complexity index is 1140. The second-order valence-electron chi connectivity index (χ2n) is 7.66. The summed E-state index contributed by atoms with van der Waals surface area (Å²) in [5.41, 5.74) is 4.36. The maximum atomic E-state index is 12.6. The van der Waals surface area contributed by atoms with Gasteiger partial charge in [-0.25, -0.2) is 0 Å². The predicted molar refractivity (Wildman–Crippen MR) is 131 cm³/mol. The monoisotopic (exact) mass is 515 g/mol. The molecule has 2 aromatic carbocycles. The van der Waals surface area contributed by atoms with E-state index in [9.17, 15) is 9.59 Å². The molecule has 2 N–H and O–H groups in total. The van der Waals surface area contributed by atoms with E-state index in [-0.39, 0.29) is 23.6 Å². The van der Waals surface area contributed by atoms with Crippen molar-refractivity contribution in [1.29, 1.82) is 0 Å². The average molecular weight is 516 g/mol. The molecule has 32 heavy (non-hydrogen) atoms. The van der Waals surface area contributed by atoms with Crippen molar-refractivity contribution in [2.45, 2.75) is 38.9 Å². The van der Waals surface area contributed by atoms with E-state index in [0.29, 0.717) is 16.5 Å². The molecule has 1 heterocycles. The van der Waals surface area contributed by atoms with Crippen LogP contribution in [0, 0.1) is 20.8 Å². The third-order valence-electron chi connectivity index (χ3n) is 5.09. The molecule has 0 aliphatic heterocycles. The number of nitrogens with zero attached hydrogens (tertiary/aromatic N) is 3. The Hall–Kier alpha value is -2.65. The molecule has 0 radical (unpaired) electrons. The summed E-state index contributed by atoms with van der Waals surface area (Å²) < 4.78 is 2.78. The van der Waals surface area contributed by atoms with Crippen LogP contribution < -0.4 is 10.6 Å². The summed E-state index contributed by atoms with van der Waals surface area (Å²) in [6.07, 6.45) is 0. The highest BCUT2D eigenvalue weighted by Gasteiger charge is 2.20. The molecule has 2 amide bonds. The minimum absolute atomic E-state index is 0.117. The van der Waals surface area contributed by atoms with Crippen molar-refractivity contribution in [3.8, 4) is 0 Å². The number of aryl methyl sites for hydroxylation is 3. The molecule has 1 aromatic heterocycles. The molecule has 168 valence electrons. The van der Waals surface area contributed by atoms with Gasteiger partial charge < -0.3 is 15.2 Å². The van der Waals surface area contributed by atoms with E-state index in [0.717, 1.165) is 26.9 Å². The van der Waals surface area contributed by atoms with Gasteiger partial charge in [-0.05, 0) is 62.6 Å². The van der Waals surface area contributed by atoms with Gasteiger partial charge in [0.05, 0.1) is 11.8 Å². The number of aromatic nitrogens is 3. The molecule has 3 rings (SSSR count). The first kappa shape index (κ1) is 24.0. The number of hydrogen-bond acceptors (Lipinski definition) is 5. The number of halogens is 1. The molecule has 0 saturated carbocycles. The van der Waals surface area contributed by atoms with Crippen LogP contribution in [0.25, 0.3) is 0 Å². The van der Waals surface area contributed by atoms with Crippen molar-refractivity contribution in [1.82, 2.24) is 20.1 Å². The predicted octanol–water partition coefficient (Wildman–Crippen LogP) is 4.72. The minimum atomic E-state index is -0.337. The lowest BCUT2D eigenvalue weighted by Crippen LogP contribution is -2.29. The van der Waals surface area contributed by atoms with Crippen LogP contribution in [-0.2, 0) is 11.8 Å². The third-order valence-corrected chi connectivity index (χ3v) is 6.57. The zero-order valence-electron chi connectivity index (χ0n) is 18.7. The quantitative estimate of drug-likeness (QED) is 0.444. The van der Waals surface area contributed by atoms with Crippen molar-refractivity contribution < 1.29 is 9.59 Å². The van der Waals surface area contributed by atoms with E-state index in [4.69, 9.17) is 0 Å². The van der Waals surface area contributed by atoms with Crippen LogP contribution in [0.3, 0.4) is 0 Å². The lowest BCUT2D eigenvalue weighted by atomic mass is 10.1. The molecule has 0 aliphatic carbocycles. The highest BCUT2D eigenvalue weighted by Crippen LogP contribution is 2.26. The molecule has 0 bridgehead atoms. The van der Waals surface area contributed by atoms with Gasteiger partial charge in [-0.1, -0.05) is 45.9 Å². The smallest absolute Gasteiger partial charge is 0.252 e. The standard InChI is InChI=1S/C23H26BrN5O2S/c1-13-8-6-7-9-18(13)22(31)25-16(4)21-27-28-23(29(21)5)32-12-19(30)26-20-14(2)10-17(24)11-15(20)3/h6-11,16H,12H2,1-5H3,(H,25,31)(H,26,30)/t16-/m0/s1. The number of carbonyl (C=O) groups excluding carboxylic acids is 2. The zero-order valence-corrected chi connectivity index (χ0v) is 21.1. The number of benzene rings is 2. The van der Waals surface area contributed by atoms with Gasteiger partial charge in [-0.2, -0.15) is 0 Å². The highest BCUT2D eigenvalue weighted by atomic mass is 79.9. The van der Waals surface area contributed by atoms with Gasteiger partial charge in [0.15, 0.2) is 11.0 Å². The van der Waals surface area contributed by atoms with Crippen molar-refractivity contribution in [3.05, 3.63) is 68.9 Å². The molecular formula is C23H26BrN5O2S. The molecule has 0 aliphatic rings. The SMILES string of the molecule is Cc1ccccc1C(=O)N[C@@H](C)c1nnc(SCC(=O)Nc2c(C)cc(Br)cc2C)n1C. The normalized spacial score (nSPS) is 11.8. The lowest BCUT2D eigenvalue weighted by molar-refractivity contribution is -0.113. The molecule has 1 atom stereocenters. The van der Waals surface area contributed by atoms with Crippen molar-refractivity contribution in [2.75, 3.05) is 11.1 Å². The van der Waals surface area contributed by atoms with Crippen molar-refractivity contribution in [2.24, 2.45) is 7.05 Å². The summed E-state index contributed by atoms with van der Waals surface area (Å²) in [6, 6.07) is 11.0. The largest absolute Gasteiger partial charge is 0.342 e. The first-order chi connectivity index (χ1) is 15.2. The van der Waals surface area contributed by atoms with Crippen LogP contribution >= 0.6 is 27.7 Å². The number of nitrogens with one attached hydrogen (secondary N) is 2. The third kappa shape index (κ3) is 5.58. The maximum Gasteiger partial charge on any atom is 0.252 e. The van der Waals surface area contributed by atoms with Gasteiger partial charge in [-0.15, -0.1) is 10.2 Å². The van der Waals surface area contributed by atoms with Crippen molar-refractivity contribution in [3.63, 3.8) is 0 Å². The summed E-state index contributed by atoms with van der Waals surface area (Å²) >= 11 is 4.77. The van der Waals surface area contributed by atoms with Gasteiger partial charge in [0, 0.05) is 22.8 Å². The van der Waals surface area contributed by atoms with E-state index in [1.165, 1.54) is 11.8 Å². The summed E-state index contributed by atoms with van der Waals surface area (Å²) in [7, 11) is 1.83. The fourth-order valence-corrected chi connectivity index (χ4v) is 4.81. The molecule has 0 unspecified atom stereocenters. The molecule has 3 aromatic rings. The van der Waals surface area contributed by atoms with Gasteiger partial charge in [0.2, 0.25) is 5.91 Å². The number of anilines is 1. The first-order valence-electron chi connectivity index (χ1n) is 10.1. The molecule has 9 heteroatoms. The van der Waals surface area contributed by atoms with Crippen molar-refractivity contribution >= 4 is 45.2 Å².